The number of carbonyl (C=O) groups is 1. The van der Waals surface area contributed by atoms with Crippen LogP contribution >= 0.6 is 23.2 Å². The van der Waals surface area contributed by atoms with Crippen molar-refractivity contribution in [3.8, 4) is 0 Å². The quantitative estimate of drug-likeness (QED) is 0.907. The molecule has 0 aliphatic heterocycles. The fourth-order valence-electron chi connectivity index (χ4n) is 2.81. The van der Waals surface area contributed by atoms with Crippen molar-refractivity contribution >= 4 is 29.1 Å². The van der Waals surface area contributed by atoms with Gasteiger partial charge in [0.05, 0.1) is 6.61 Å². The van der Waals surface area contributed by atoms with E-state index in [1.807, 2.05) is 17.0 Å². The lowest BCUT2D eigenvalue weighted by atomic mass is 10.1. The highest BCUT2D eigenvalue weighted by Gasteiger charge is 2.48. The highest BCUT2D eigenvalue weighted by atomic mass is 35.5. The van der Waals surface area contributed by atoms with Crippen LogP contribution in [0.4, 0.5) is 0 Å². The van der Waals surface area contributed by atoms with Crippen LogP contribution in [-0.4, -0.2) is 35.1 Å². The smallest absolute Gasteiger partial charge is 0.226 e. The molecule has 2 aliphatic rings. The van der Waals surface area contributed by atoms with E-state index in [4.69, 9.17) is 28.3 Å². The zero-order valence-electron chi connectivity index (χ0n) is 11.1. The van der Waals surface area contributed by atoms with E-state index in [9.17, 15) is 4.79 Å². The summed E-state index contributed by atoms with van der Waals surface area (Å²) in [5.74, 6) is 0.415. The van der Waals surface area contributed by atoms with Crippen molar-refractivity contribution in [2.75, 3.05) is 13.2 Å². The zero-order chi connectivity index (χ0) is 14.3. The Balaban J connectivity index is 1.69. The van der Waals surface area contributed by atoms with Gasteiger partial charge in [0.2, 0.25) is 5.91 Å². The van der Waals surface area contributed by atoms with Crippen LogP contribution in [0.3, 0.4) is 0 Å². The van der Waals surface area contributed by atoms with Crippen molar-refractivity contribution < 1.29 is 9.90 Å². The first-order valence-corrected chi connectivity index (χ1v) is 7.73. The van der Waals surface area contributed by atoms with Crippen LogP contribution in [0.1, 0.15) is 30.7 Å². The molecule has 5 heteroatoms. The Morgan fingerprint density at radius 1 is 1.25 bits per heavy atom. The molecule has 0 saturated heterocycles. The molecule has 2 fully saturated rings. The Morgan fingerprint density at radius 3 is 2.45 bits per heavy atom. The molecule has 0 radical (unpaired) electrons. The molecule has 0 aromatic heterocycles. The summed E-state index contributed by atoms with van der Waals surface area (Å²) in [7, 11) is 0. The van der Waals surface area contributed by atoms with Crippen LogP contribution in [0.25, 0.3) is 0 Å². The molecule has 20 heavy (non-hydrogen) atoms. The van der Waals surface area contributed by atoms with Gasteiger partial charge in [-0.1, -0.05) is 23.2 Å². The molecule has 0 heterocycles. The van der Waals surface area contributed by atoms with E-state index < -0.39 is 0 Å². The second-order valence-corrected chi connectivity index (χ2v) is 6.51. The van der Waals surface area contributed by atoms with Gasteiger partial charge in [0.15, 0.2) is 0 Å². The average Bonchev–Trinajstić information content (AvgIpc) is 3.27. The van der Waals surface area contributed by atoms with Gasteiger partial charge in [0.1, 0.15) is 0 Å². The van der Waals surface area contributed by atoms with Crippen LogP contribution in [-0.2, 0) is 4.79 Å². The van der Waals surface area contributed by atoms with Gasteiger partial charge in [-0.15, -0.1) is 0 Å². The Labute approximate surface area is 128 Å². The fraction of sp³-hybridized carbons (Fsp3) is 0.533. The van der Waals surface area contributed by atoms with Crippen molar-refractivity contribution in [3.05, 3.63) is 33.8 Å². The van der Waals surface area contributed by atoms with E-state index in [0.717, 1.165) is 24.8 Å². The van der Waals surface area contributed by atoms with Crippen LogP contribution in [0.5, 0.6) is 0 Å². The number of aliphatic hydroxyl groups is 1. The highest BCUT2D eigenvalue weighted by molar-refractivity contribution is 6.34. The Kier molecular flexibility index (Phi) is 3.93. The third-order valence-electron chi connectivity index (χ3n) is 4.03. The second-order valence-electron chi connectivity index (χ2n) is 5.64. The normalized spacial score (nSPS) is 24.6. The molecular weight excluding hydrogens is 297 g/mol. The Bertz CT molecular complexity index is 510. The number of carbonyl (C=O) groups excluding carboxylic acids is 1. The third kappa shape index (κ3) is 2.95. The van der Waals surface area contributed by atoms with E-state index in [1.54, 1.807) is 6.07 Å². The summed E-state index contributed by atoms with van der Waals surface area (Å²) < 4.78 is 0. The maximum Gasteiger partial charge on any atom is 0.226 e. The molecule has 1 amide bonds. The molecule has 2 atom stereocenters. The molecular formula is C15H17Cl2NO2. The van der Waals surface area contributed by atoms with Crippen LogP contribution < -0.4 is 0 Å². The van der Waals surface area contributed by atoms with Crippen molar-refractivity contribution in [2.45, 2.75) is 31.2 Å². The summed E-state index contributed by atoms with van der Waals surface area (Å²) in [6.45, 7) is 0.478. The van der Waals surface area contributed by atoms with Gasteiger partial charge in [0, 0.05) is 28.5 Å². The molecule has 1 aromatic rings. The number of hydrogen-bond acceptors (Lipinski definition) is 2. The summed E-state index contributed by atoms with van der Waals surface area (Å²) in [6, 6.07) is 5.82. The second kappa shape index (κ2) is 5.55. The number of halogens is 2. The summed E-state index contributed by atoms with van der Waals surface area (Å²) in [6.07, 6.45) is 2.97. The molecule has 3 rings (SSSR count). The van der Waals surface area contributed by atoms with Crippen LogP contribution in [0.15, 0.2) is 18.2 Å². The predicted molar refractivity (Wildman–Crippen MR) is 79.1 cm³/mol. The van der Waals surface area contributed by atoms with Crippen LogP contribution in [0, 0.1) is 5.92 Å². The van der Waals surface area contributed by atoms with Gasteiger partial charge in [-0.2, -0.15) is 0 Å². The molecule has 2 unspecified atom stereocenters. The van der Waals surface area contributed by atoms with Gasteiger partial charge in [-0.25, -0.2) is 0 Å². The third-order valence-corrected chi connectivity index (χ3v) is 4.47. The fourth-order valence-corrected chi connectivity index (χ4v) is 3.35. The first kappa shape index (κ1) is 14.2. The molecule has 0 spiro atoms. The van der Waals surface area contributed by atoms with E-state index in [-0.39, 0.29) is 24.3 Å². The van der Waals surface area contributed by atoms with Gasteiger partial charge >= 0.3 is 0 Å². The lowest BCUT2D eigenvalue weighted by Crippen LogP contribution is -2.36. The van der Waals surface area contributed by atoms with Crippen LogP contribution in [0.2, 0.25) is 10.0 Å². The summed E-state index contributed by atoms with van der Waals surface area (Å²) >= 11 is 12.0. The minimum Gasteiger partial charge on any atom is -0.395 e. The monoisotopic (exact) mass is 313 g/mol. The summed E-state index contributed by atoms with van der Waals surface area (Å²) in [5, 5.41) is 10.3. The molecule has 2 aliphatic carbocycles. The Morgan fingerprint density at radius 2 is 1.90 bits per heavy atom. The molecule has 2 saturated carbocycles. The number of benzene rings is 1. The van der Waals surface area contributed by atoms with Crippen molar-refractivity contribution in [3.63, 3.8) is 0 Å². The first-order chi connectivity index (χ1) is 9.60. The lowest BCUT2D eigenvalue weighted by molar-refractivity contribution is -0.133. The Hall–Kier alpha value is -0.770. The molecule has 1 aromatic carbocycles. The topological polar surface area (TPSA) is 40.5 Å². The number of aliphatic hydroxyl groups excluding tert-OH is 1. The summed E-state index contributed by atoms with van der Waals surface area (Å²) in [4.78, 5) is 14.3. The lowest BCUT2D eigenvalue weighted by Gasteiger charge is -2.21. The maximum absolute atomic E-state index is 12.5. The van der Waals surface area contributed by atoms with Gasteiger partial charge in [-0.3, -0.25) is 4.79 Å². The van der Waals surface area contributed by atoms with Crippen molar-refractivity contribution in [1.29, 1.82) is 0 Å². The van der Waals surface area contributed by atoms with E-state index in [0.29, 0.717) is 22.6 Å². The first-order valence-electron chi connectivity index (χ1n) is 6.97. The minimum atomic E-state index is 0.0247. The van der Waals surface area contributed by atoms with E-state index in [2.05, 4.69) is 0 Å². The van der Waals surface area contributed by atoms with Crippen molar-refractivity contribution in [1.82, 2.24) is 4.90 Å². The highest BCUT2D eigenvalue weighted by Crippen LogP contribution is 2.50. The minimum absolute atomic E-state index is 0.0247. The van der Waals surface area contributed by atoms with E-state index in [1.165, 1.54) is 0 Å². The predicted octanol–water partition coefficient (Wildman–Crippen LogP) is 3.08. The number of amides is 1. The molecule has 1 N–H and O–H groups in total. The zero-order valence-corrected chi connectivity index (χ0v) is 12.6. The molecule has 3 nitrogen and oxygen atoms in total. The van der Waals surface area contributed by atoms with Gasteiger partial charge in [-0.05, 0) is 48.9 Å². The SMILES string of the molecule is O=C(C1CC1c1cc(Cl)cc(Cl)c1)N(CCO)C1CC1. The number of rotatable bonds is 5. The average molecular weight is 314 g/mol. The number of nitrogens with zero attached hydrogens (tertiary/aromatic N) is 1. The number of hydrogen-bond donors (Lipinski definition) is 1. The standard InChI is InChI=1S/C15H17Cl2NO2/c16-10-5-9(6-11(17)7-10)13-8-14(13)15(20)18(3-4-19)12-1-2-12/h5-7,12-14,19H,1-4,8H2. The molecule has 108 valence electrons. The van der Waals surface area contributed by atoms with Gasteiger partial charge in [0.25, 0.3) is 0 Å². The van der Waals surface area contributed by atoms with Gasteiger partial charge < -0.3 is 10.0 Å². The van der Waals surface area contributed by atoms with E-state index >= 15 is 0 Å². The maximum atomic E-state index is 12.5. The summed E-state index contributed by atoms with van der Waals surface area (Å²) in [5.41, 5.74) is 1.04. The molecule has 0 bridgehead atoms. The van der Waals surface area contributed by atoms with Crippen molar-refractivity contribution in [2.24, 2.45) is 5.92 Å². The largest absolute Gasteiger partial charge is 0.395 e.